The van der Waals surface area contributed by atoms with Crippen LogP contribution in [0, 0.1) is 0 Å². The van der Waals surface area contributed by atoms with Crippen molar-refractivity contribution < 1.29 is 4.74 Å². The molecule has 0 aliphatic heterocycles. The van der Waals surface area contributed by atoms with Gasteiger partial charge in [0.05, 0.1) is 18.5 Å². The highest BCUT2D eigenvalue weighted by molar-refractivity contribution is 5.59. The maximum atomic E-state index is 5.43. The van der Waals surface area contributed by atoms with Gasteiger partial charge in [0.25, 0.3) is 0 Å². The molecule has 0 N–H and O–H groups in total. The summed E-state index contributed by atoms with van der Waals surface area (Å²) in [7, 11) is 0. The predicted molar refractivity (Wildman–Crippen MR) is 97.9 cm³/mol. The fourth-order valence-corrected chi connectivity index (χ4v) is 2.75. The third-order valence-corrected chi connectivity index (χ3v) is 4.12. The number of unbranched alkanes of at least 4 members (excludes halogenated alkanes) is 5. The van der Waals surface area contributed by atoms with Gasteiger partial charge in [-0.2, -0.15) is 0 Å². The van der Waals surface area contributed by atoms with E-state index in [9.17, 15) is 0 Å². The third kappa shape index (κ3) is 6.05. The normalized spacial score (nSPS) is 10.7. The fourth-order valence-electron chi connectivity index (χ4n) is 2.75. The molecule has 0 bridgehead atoms. The van der Waals surface area contributed by atoms with Gasteiger partial charge in [-0.05, 0) is 37.5 Å². The van der Waals surface area contributed by atoms with Crippen molar-refractivity contribution in [3.8, 4) is 17.0 Å². The molecule has 2 rings (SSSR count). The third-order valence-electron chi connectivity index (χ3n) is 4.12. The molecule has 0 aliphatic carbocycles. The van der Waals surface area contributed by atoms with Gasteiger partial charge in [-0.25, -0.2) is 0 Å². The number of benzene rings is 1. The van der Waals surface area contributed by atoms with E-state index >= 15 is 0 Å². The highest BCUT2D eigenvalue weighted by Gasteiger charge is 2.01. The molecule has 2 heteroatoms. The number of aryl methyl sites for hydroxylation is 1. The molecule has 0 spiro atoms. The highest BCUT2D eigenvalue weighted by atomic mass is 16.5. The Balaban J connectivity index is 1.81. The topological polar surface area (TPSA) is 22.1 Å². The summed E-state index contributed by atoms with van der Waals surface area (Å²) in [5.41, 5.74) is 3.59. The van der Waals surface area contributed by atoms with Crippen LogP contribution in [0.5, 0.6) is 5.75 Å². The quantitative estimate of drug-likeness (QED) is 0.498. The zero-order valence-electron chi connectivity index (χ0n) is 14.6. The number of pyridine rings is 1. The first-order valence-corrected chi connectivity index (χ1v) is 9.01. The number of nitrogens with zero attached hydrogens (tertiary/aromatic N) is 1. The van der Waals surface area contributed by atoms with Crippen molar-refractivity contribution in [2.75, 3.05) is 6.61 Å². The molecule has 0 atom stereocenters. The largest absolute Gasteiger partial charge is 0.492 e. The first-order chi connectivity index (χ1) is 11.3. The molecule has 2 aromatic rings. The maximum absolute atomic E-state index is 5.43. The SMILES string of the molecule is CCCCCCCCc1ccc(-c2ccc(OCC)cn2)cc1. The van der Waals surface area contributed by atoms with Gasteiger partial charge < -0.3 is 4.74 Å². The molecule has 0 saturated carbocycles. The Labute approximate surface area is 140 Å². The van der Waals surface area contributed by atoms with Crippen LogP contribution in [0.2, 0.25) is 0 Å². The number of hydrogen-bond donors (Lipinski definition) is 0. The minimum absolute atomic E-state index is 0.675. The standard InChI is InChI=1S/C21H29NO/c1-3-5-6-7-8-9-10-18-11-13-19(14-12-18)21-16-15-20(17-22-21)23-4-2/h11-17H,3-10H2,1-2H3. The van der Waals surface area contributed by atoms with Crippen LogP contribution in [-0.2, 0) is 6.42 Å². The molecule has 23 heavy (non-hydrogen) atoms. The zero-order valence-corrected chi connectivity index (χ0v) is 14.6. The first-order valence-electron chi connectivity index (χ1n) is 9.01. The van der Waals surface area contributed by atoms with E-state index in [1.807, 2.05) is 19.1 Å². The van der Waals surface area contributed by atoms with E-state index in [1.165, 1.54) is 56.1 Å². The Hall–Kier alpha value is -1.83. The molecule has 1 aromatic heterocycles. The lowest BCUT2D eigenvalue weighted by atomic mass is 10.0. The van der Waals surface area contributed by atoms with Gasteiger partial charge in [0, 0.05) is 5.56 Å². The predicted octanol–water partition coefficient (Wildman–Crippen LogP) is 6.05. The lowest BCUT2D eigenvalue weighted by Gasteiger charge is -2.06. The summed E-state index contributed by atoms with van der Waals surface area (Å²) >= 11 is 0. The monoisotopic (exact) mass is 311 g/mol. The van der Waals surface area contributed by atoms with Gasteiger partial charge >= 0.3 is 0 Å². The van der Waals surface area contributed by atoms with Crippen LogP contribution in [0.25, 0.3) is 11.3 Å². The highest BCUT2D eigenvalue weighted by Crippen LogP contribution is 2.20. The van der Waals surface area contributed by atoms with Crippen LogP contribution in [0.15, 0.2) is 42.6 Å². The van der Waals surface area contributed by atoms with E-state index in [0.717, 1.165) is 11.4 Å². The first kappa shape index (κ1) is 17.5. The summed E-state index contributed by atoms with van der Waals surface area (Å²) in [6.45, 7) is 4.92. The zero-order chi connectivity index (χ0) is 16.3. The van der Waals surface area contributed by atoms with Gasteiger partial charge in [-0.15, -0.1) is 0 Å². The number of aromatic nitrogens is 1. The summed E-state index contributed by atoms with van der Waals surface area (Å²) in [6, 6.07) is 12.8. The lowest BCUT2D eigenvalue weighted by molar-refractivity contribution is 0.339. The van der Waals surface area contributed by atoms with Crippen molar-refractivity contribution >= 4 is 0 Å². The summed E-state index contributed by atoms with van der Waals surface area (Å²) in [5.74, 6) is 0.830. The molecule has 1 heterocycles. The average molecular weight is 311 g/mol. The van der Waals surface area contributed by atoms with Gasteiger partial charge in [-0.3, -0.25) is 4.98 Å². The van der Waals surface area contributed by atoms with E-state index in [1.54, 1.807) is 6.20 Å². The molecular weight excluding hydrogens is 282 g/mol. The molecule has 0 aliphatic rings. The molecule has 0 fully saturated rings. The van der Waals surface area contributed by atoms with E-state index in [4.69, 9.17) is 4.74 Å². The summed E-state index contributed by atoms with van der Waals surface area (Å²) in [5, 5.41) is 0. The molecule has 2 nitrogen and oxygen atoms in total. The van der Waals surface area contributed by atoms with Crippen molar-refractivity contribution in [2.45, 2.75) is 58.8 Å². The Bertz CT molecular complexity index is 545. The van der Waals surface area contributed by atoms with Crippen molar-refractivity contribution in [1.82, 2.24) is 4.98 Å². The van der Waals surface area contributed by atoms with E-state index in [-0.39, 0.29) is 0 Å². The van der Waals surface area contributed by atoms with Crippen molar-refractivity contribution in [3.05, 3.63) is 48.2 Å². The Morgan fingerprint density at radius 3 is 2.22 bits per heavy atom. The Morgan fingerprint density at radius 2 is 1.57 bits per heavy atom. The van der Waals surface area contributed by atoms with Crippen LogP contribution >= 0.6 is 0 Å². The second kappa shape index (κ2) is 10.0. The molecule has 124 valence electrons. The van der Waals surface area contributed by atoms with Crippen molar-refractivity contribution in [2.24, 2.45) is 0 Å². The number of ether oxygens (including phenoxy) is 1. The molecule has 0 amide bonds. The van der Waals surface area contributed by atoms with Crippen LogP contribution in [0.3, 0.4) is 0 Å². The molecule has 0 unspecified atom stereocenters. The second-order valence-corrected chi connectivity index (χ2v) is 6.03. The second-order valence-electron chi connectivity index (χ2n) is 6.03. The summed E-state index contributed by atoms with van der Waals surface area (Å²) in [4.78, 5) is 4.48. The maximum Gasteiger partial charge on any atom is 0.137 e. The van der Waals surface area contributed by atoms with Crippen LogP contribution < -0.4 is 4.74 Å². The fraction of sp³-hybridized carbons (Fsp3) is 0.476. The Kier molecular flexibility index (Phi) is 7.65. The lowest BCUT2D eigenvalue weighted by Crippen LogP contribution is -1.92. The van der Waals surface area contributed by atoms with Gasteiger partial charge in [0.2, 0.25) is 0 Å². The van der Waals surface area contributed by atoms with Crippen LogP contribution in [-0.4, -0.2) is 11.6 Å². The van der Waals surface area contributed by atoms with Gasteiger partial charge in [0.15, 0.2) is 0 Å². The van der Waals surface area contributed by atoms with E-state index < -0.39 is 0 Å². The molecule has 1 aromatic carbocycles. The van der Waals surface area contributed by atoms with Crippen LogP contribution in [0.4, 0.5) is 0 Å². The van der Waals surface area contributed by atoms with Crippen molar-refractivity contribution in [3.63, 3.8) is 0 Å². The molecule has 0 saturated heterocycles. The van der Waals surface area contributed by atoms with Crippen LogP contribution in [0.1, 0.15) is 57.9 Å². The number of hydrogen-bond acceptors (Lipinski definition) is 2. The smallest absolute Gasteiger partial charge is 0.137 e. The summed E-state index contributed by atoms with van der Waals surface area (Å²) < 4.78 is 5.43. The van der Waals surface area contributed by atoms with E-state index in [2.05, 4.69) is 36.2 Å². The van der Waals surface area contributed by atoms with E-state index in [0.29, 0.717) is 6.61 Å². The molecular formula is C21H29NO. The summed E-state index contributed by atoms with van der Waals surface area (Å²) in [6.07, 6.45) is 11.1. The minimum atomic E-state index is 0.675. The molecule has 0 radical (unpaired) electrons. The Morgan fingerprint density at radius 1 is 0.826 bits per heavy atom. The van der Waals surface area contributed by atoms with Crippen molar-refractivity contribution in [1.29, 1.82) is 0 Å². The average Bonchev–Trinajstić information content (AvgIpc) is 2.60. The van der Waals surface area contributed by atoms with Gasteiger partial charge in [-0.1, -0.05) is 63.3 Å². The number of rotatable bonds is 10. The van der Waals surface area contributed by atoms with Gasteiger partial charge in [0.1, 0.15) is 5.75 Å². The minimum Gasteiger partial charge on any atom is -0.492 e.